The van der Waals surface area contributed by atoms with Crippen LogP contribution in [0.4, 0.5) is 10.5 Å². The van der Waals surface area contributed by atoms with E-state index in [1.165, 1.54) is 18.2 Å². The van der Waals surface area contributed by atoms with Crippen molar-refractivity contribution in [1.29, 1.82) is 0 Å². The molecule has 0 unspecified atom stereocenters. The van der Waals surface area contributed by atoms with Gasteiger partial charge in [-0.05, 0) is 54.4 Å². The summed E-state index contributed by atoms with van der Waals surface area (Å²) >= 11 is 0.660. The summed E-state index contributed by atoms with van der Waals surface area (Å²) in [6.45, 7) is 5.22. The van der Waals surface area contributed by atoms with Crippen LogP contribution in [0.5, 0.6) is 11.5 Å². The smallest absolute Gasteiger partial charge is 0.323 e. The van der Waals surface area contributed by atoms with Crippen LogP contribution in [0, 0.1) is 10.1 Å². The number of nitro groups is 1. The molecule has 1 aliphatic rings. The maximum Gasteiger partial charge on any atom is 0.323 e. The van der Waals surface area contributed by atoms with Crippen molar-refractivity contribution < 1.29 is 33.9 Å². The van der Waals surface area contributed by atoms with E-state index in [1.807, 2.05) is 0 Å². The van der Waals surface area contributed by atoms with Gasteiger partial charge in [-0.15, -0.1) is 6.58 Å². The summed E-state index contributed by atoms with van der Waals surface area (Å²) in [6.07, 6.45) is 3.55. The molecule has 0 spiro atoms. The van der Waals surface area contributed by atoms with E-state index in [0.29, 0.717) is 57.9 Å². The van der Waals surface area contributed by atoms with E-state index in [2.05, 4.69) is 6.58 Å². The summed E-state index contributed by atoms with van der Waals surface area (Å²) in [4.78, 5) is 46.9. The number of nitro benzene ring substituents is 1. The van der Waals surface area contributed by atoms with Gasteiger partial charge in [0.05, 0.1) is 16.4 Å². The van der Waals surface area contributed by atoms with Gasteiger partial charge in [0.25, 0.3) is 16.8 Å². The fourth-order valence-corrected chi connectivity index (χ4v) is 4.18. The van der Waals surface area contributed by atoms with Crippen LogP contribution >= 0.6 is 11.8 Å². The lowest BCUT2D eigenvalue weighted by atomic mass is 10.0. The Bertz CT molecular complexity index is 1220. The van der Waals surface area contributed by atoms with E-state index >= 15 is 0 Å². The van der Waals surface area contributed by atoms with Gasteiger partial charge in [-0.3, -0.25) is 29.4 Å². The Balaban J connectivity index is 1.94. The Kier molecular flexibility index (Phi) is 8.26. The van der Waals surface area contributed by atoms with Crippen LogP contribution in [-0.4, -0.2) is 45.2 Å². The Hall–Kier alpha value is -4.12. The van der Waals surface area contributed by atoms with Gasteiger partial charge in [-0.1, -0.05) is 18.2 Å². The molecule has 35 heavy (non-hydrogen) atoms. The number of amides is 2. The number of rotatable bonds is 11. The van der Waals surface area contributed by atoms with Crippen molar-refractivity contribution in [2.45, 2.75) is 20.0 Å². The second kappa shape index (κ2) is 11.3. The molecule has 2 amide bonds. The van der Waals surface area contributed by atoms with Crippen molar-refractivity contribution in [3.8, 4) is 11.5 Å². The van der Waals surface area contributed by atoms with E-state index in [9.17, 15) is 24.5 Å². The summed E-state index contributed by atoms with van der Waals surface area (Å²) < 4.78 is 11.8. The fraction of sp³-hybridized carbons (Fsp3) is 0.208. The number of carboxylic acid groups (broad SMARTS) is 1. The van der Waals surface area contributed by atoms with Crippen molar-refractivity contribution in [3.05, 3.63) is 80.8 Å². The largest absolute Gasteiger partial charge is 0.490 e. The van der Waals surface area contributed by atoms with Gasteiger partial charge < -0.3 is 14.6 Å². The molecule has 10 nitrogen and oxygen atoms in total. The SMILES string of the molecule is C=CCc1cc(C=C2SC(=O)N(CC(=O)O)C2=O)cc(OCC)c1OCc1cccc([N+](=O)[O-])c1. The molecule has 0 radical (unpaired) electrons. The summed E-state index contributed by atoms with van der Waals surface area (Å²) in [5.74, 6) is -1.16. The molecular formula is C24H22N2O8S. The number of carbonyl (C=O) groups excluding carboxylic acids is 2. The van der Waals surface area contributed by atoms with Crippen LogP contribution in [0.3, 0.4) is 0 Å². The van der Waals surface area contributed by atoms with Crippen molar-refractivity contribution in [2.24, 2.45) is 0 Å². The van der Waals surface area contributed by atoms with Crippen LogP contribution in [-0.2, 0) is 22.6 Å². The van der Waals surface area contributed by atoms with Gasteiger partial charge in [0.2, 0.25) is 0 Å². The lowest BCUT2D eigenvalue weighted by molar-refractivity contribution is -0.384. The number of carbonyl (C=O) groups is 3. The number of hydrogen-bond donors (Lipinski definition) is 1. The average Bonchev–Trinajstić information content (AvgIpc) is 3.06. The molecule has 2 aromatic rings. The zero-order valence-electron chi connectivity index (χ0n) is 18.8. The number of allylic oxidation sites excluding steroid dienone is 1. The second-order valence-corrected chi connectivity index (χ2v) is 8.30. The van der Waals surface area contributed by atoms with E-state index < -0.39 is 28.6 Å². The summed E-state index contributed by atoms with van der Waals surface area (Å²) in [5.41, 5.74) is 1.79. The van der Waals surface area contributed by atoms with Gasteiger partial charge in [-0.25, -0.2) is 0 Å². The van der Waals surface area contributed by atoms with Crippen molar-refractivity contribution in [3.63, 3.8) is 0 Å². The number of hydrogen-bond acceptors (Lipinski definition) is 8. The van der Waals surface area contributed by atoms with Crippen molar-refractivity contribution >= 4 is 40.6 Å². The Labute approximate surface area is 205 Å². The number of nitrogens with zero attached hydrogens (tertiary/aromatic N) is 2. The third kappa shape index (κ3) is 6.27. The number of benzene rings is 2. The number of imide groups is 1. The van der Waals surface area contributed by atoms with Gasteiger partial charge >= 0.3 is 5.97 Å². The minimum atomic E-state index is -1.29. The molecule has 1 saturated heterocycles. The van der Waals surface area contributed by atoms with Gasteiger partial charge in [0.1, 0.15) is 13.2 Å². The Morgan fingerprint density at radius 1 is 1.26 bits per heavy atom. The molecule has 1 heterocycles. The zero-order valence-corrected chi connectivity index (χ0v) is 19.6. The number of carboxylic acids is 1. The Morgan fingerprint density at radius 3 is 2.69 bits per heavy atom. The molecule has 182 valence electrons. The monoisotopic (exact) mass is 498 g/mol. The molecule has 2 aromatic carbocycles. The quantitative estimate of drug-likeness (QED) is 0.207. The molecule has 3 rings (SSSR count). The minimum Gasteiger partial charge on any atom is -0.490 e. The maximum atomic E-state index is 12.5. The molecule has 0 aliphatic carbocycles. The first-order chi connectivity index (χ1) is 16.7. The summed E-state index contributed by atoms with van der Waals surface area (Å²) in [5, 5.41) is 19.3. The van der Waals surface area contributed by atoms with E-state index in [1.54, 1.807) is 37.3 Å². The van der Waals surface area contributed by atoms with Gasteiger partial charge in [0, 0.05) is 17.7 Å². The third-order valence-corrected chi connectivity index (χ3v) is 5.69. The van der Waals surface area contributed by atoms with Crippen LogP contribution in [0.1, 0.15) is 23.6 Å². The molecule has 1 fully saturated rings. The maximum absolute atomic E-state index is 12.5. The lowest BCUT2D eigenvalue weighted by Gasteiger charge is -2.17. The molecule has 0 aromatic heterocycles. The highest BCUT2D eigenvalue weighted by atomic mass is 32.2. The normalized spacial score (nSPS) is 14.3. The van der Waals surface area contributed by atoms with Gasteiger partial charge in [-0.2, -0.15) is 0 Å². The first kappa shape index (κ1) is 25.5. The fourth-order valence-electron chi connectivity index (χ4n) is 3.34. The second-order valence-electron chi connectivity index (χ2n) is 7.31. The van der Waals surface area contributed by atoms with Gasteiger partial charge in [0.15, 0.2) is 11.5 Å². The number of non-ortho nitro benzene ring substituents is 1. The Morgan fingerprint density at radius 2 is 2.03 bits per heavy atom. The minimum absolute atomic E-state index is 0.0466. The predicted octanol–water partition coefficient (Wildman–Crippen LogP) is 4.42. The highest BCUT2D eigenvalue weighted by Gasteiger charge is 2.36. The molecule has 0 atom stereocenters. The molecule has 11 heteroatoms. The summed E-state index contributed by atoms with van der Waals surface area (Å²) in [6, 6.07) is 9.50. The molecule has 1 N–H and O–H groups in total. The molecular weight excluding hydrogens is 476 g/mol. The van der Waals surface area contributed by atoms with Crippen LogP contribution in [0.25, 0.3) is 6.08 Å². The number of ether oxygens (including phenoxy) is 2. The number of thioether (sulfide) groups is 1. The molecule has 1 aliphatic heterocycles. The number of aliphatic carboxylic acids is 1. The van der Waals surface area contributed by atoms with Crippen molar-refractivity contribution in [2.75, 3.05) is 13.2 Å². The standard InChI is InChI=1S/C24H22N2O8S/c1-3-6-17-9-16(12-20-23(29)25(13-21(27)28)24(30)35-20)11-19(33-4-2)22(17)34-14-15-7-5-8-18(10-15)26(31)32/h3,5,7-12H,1,4,6,13-14H2,2H3,(H,27,28). The highest BCUT2D eigenvalue weighted by molar-refractivity contribution is 8.18. The summed E-state index contributed by atoms with van der Waals surface area (Å²) in [7, 11) is 0. The third-order valence-electron chi connectivity index (χ3n) is 4.79. The zero-order chi connectivity index (χ0) is 25.5. The first-order valence-electron chi connectivity index (χ1n) is 10.5. The van der Waals surface area contributed by atoms with Crippen LogP contribution in [0.2, 0.25) is 0 Å². The lowest BCUT2D eigenvalue weighted by Crippen LogP contribution is -2.33. The van der Waals surface area contributed by atoms with E-state index in [0.717, 1.165) is 0 Å². The predicted molar refractivity (Wildman–Crippen MR) is 129 cm³/mol. The molecule has 0 saturated carbocycles. The first-order valence-corrected chi connectivity index (χ1v) is 11.3. The van der Waals surface area contributed by atoms with Crippen LogP contribution < -0.4 is 9.47 Å². The van der Waals surface area contributed by atoms with Crippen molar-refractivity contribution in [1.82, 2.24) is 4.90 Å². The highest BCUT2D eigenvalue weighted by Crippen LogP contribution is 2.37. The average molecular weight is 499 g/mol. The van der Waals surface area contributed by atoms with E-state index in [4.69, 9.17) is 14.6 Å². The topological polar surface area (TPSA) is 136 Å². The van der Waals surface area contributed by atoms with Crippen LogP contribution in [0.15, 0.2) is 54.0 Å². The molecule has 0 bridgehead atoms. The van der Waals surface area contributed by atoms with E-state index in [-0.39, 0.29) is 17.2 Å².